The second-order valence-corrected chi connectivity index (χ2v) is 8.52. The lowest BCUT2D eigenvalue weighted by Gasteiger charge is -2.45. The molecule has 0 radical (unpaired) electrons. The molecular weight excluding hydrogens is 464 g/mol. The van der Waals surface area contributed by atoms with Gasteiger partial charge in [0, 0.05) is 18.3 Å². The van der Waals surface area contributed by atoms with Gasteiger partial charge in [0.2, 0.25) is 0 Å². The maximum absolute atomic E-state index is 12.5. The lowest BCUT2D eigenvalue weighted by molar-refractivity contribution is 0.104. The Morgan fingerprint density at radius 3 is 2.47 bits per heavy atom. The average molecular weight is 493 g/mol. The fourth-order valence-corrected chi connectivity index (χ4v) is 5.24. The third-order valence-corrected chi connectivity index (χ3v) is 6.60. The lowest BCUT2D eigenvalue weighted by Crippen LogP contribution is -2.45. The van der Waals surface area contributed by atoms with E-state index in [0.717, 1.165) is 31.6 Å². The number of benzene rings is 3. The molecule has 32 heavy (non-hydrogen) atoms. The van der Waals surface area contributed by atoms with E-state index < -0.39 is 6.09 Å². The number of carbonyl (C=O) groups is 1. The molecule has 166 valence electrons. The summed E-state index contributed by atoms with van der Waals surface area (Å²) in [6.07, 6.45) is 4.01. The van der Waals surface area contributed by atoms with Crippen LogP contribution in [0.4, 0.5) is 10.5 Å². The second-order valence-electron chi connectivity index (χ2n) is 8.52. The Kier molecular flexibility index (Phi) is 7.28. The zero-order valence-corrected chi connectivity index (χ0v) is 19.8. The van der Waals surface area contributed by atoms with Crippen LogP contribution in [0, 0.1) is 0 Å². The van der Waals surface area contributed by atoms with Gasteiger partial charge in [0.1, 0.15) is 5.75 Å². The second kappa shape index (κ2) is 10.3. The van der Waals surface area contributed by atoms with E-state index >= 15 is 0 Å². The summed E-state index contributed by atoms with van der Waals surface area (Å²) in [5.41, 5.74) is 4.68. The Labute approximate surface area is 200 Å². The minimum absolute atomic E-state index is 0. The highest BCUT2D eigenvalue weighted by atomic mass is 79.9. The molecule has 2 atom stereocenters. The number of hydrogen-bond donors (Lipinski definition) is 1. The van der Waals surface area contributed by atoms with Crippen molar-refractivity contribution in [2.45, 2.75) is 44.2 Å². The minimum Gasteiger partial charge on any atom is -0.410 e. The first-order chi connectivity index (χ1) is 15.3. The van der Waals surface area contributed by atoms with Gasteiger partial charge in [-0.15, -0.1) is 17.0 Å². The molecule has 1 aliphatic carbocycles. The van der Waals surface area contributed by atoms with E-state index in [4.69, 9.17) is 4.74 Å². The first kappa shape index (κ1) is 22.6. The predicted molar refractivity (Wildman–Crippen MR) is 134 cm³/mol. The zero-order valence-electron chi connectivity index (χ0n) is 18.1. The smallest absolute Gasteiger partial charge is 0.410 e. The van der Waals surface area contributed by atoms with Gasteiger partial charge in [0.25, 0.3) is 0 Å². The van der Waals surface area contributed by atoms with Crippen LogP contribution in [0.5, 0.6) is 5.75 Å². The zero-order chi connectivity index (χ0) is 21.0. The van der Waals surface area contributed by atoms with Gasteiger partial charge in [0.05, 0.1) is 0 Å². The average Bonchev–Trinajstić information content (AvgIpc) is 2.81. The summed E-state index contributed by atoms with van der Waals surface area (Å²) in [6.45, 7) is 2.16. The molecule has 3 aromatic carbocycles. The summed E-state index contributed by atoms with van der Waals surface area (Å²) in [4.78, 5) is 15.1. The Bertz CT molecular complexity index is 1040. The van der Waals surface area contributed by atoms with Crippen LogP contribution in [0.15, 0.2) is 78.9 Å². The molecule has 0 bridgehead atoms. The Morgan fingerprint density at radius 1 is 0.938 bits per heavy atom. The van der Waals surface area contributed by atoms with E-state index in [2.05, 4.69) is 46.6 Å². The van der Waals surface area contributed by atoms with Crippen molar-refractivity contribution in [3.8, 4) is 5.75 Å². The van der Waals surface area contributed by atoms with Crippen molar-refractivity contribution in [2.24, 2.45) is 0 Å². The van der Waals surface area contributed by atoms with Gasteiger partial charge in [-0.25, -0.2) is 4.79 Å². The van der Waals surface area contributed by atoms with Crippen LogP contribution in [0.3, 0.4) is 0 Å². The number of rotatable bonds is 4. The number of halogens is 1. The number of piperidine rings is 1. The van der Waals surface area contributed by atoms with Crippen molar-refractivity contribution in [1.82, 2.24) is 4.90 Å². The molecule has 1 amide bonds. The number of anilines is 1. The van der Waals surface area contributed by atoms with Crippen molar-refractivity contribution in [2.75, 3.05) is 11.9 Å². The maximum Gasteiger partial charge on any atom is 0.417 e. The molecule has 1 aliphatic heterocycles. The molecular formula is C27H29BrN2O2. The monoisotopic (exact) mass is 492 g/mol. The number of nitrogens with zero attached hydrogens (tertiary/aromatic N) is 1. The van der Waals surface area contributed by atoms with E-state index in [9.17, 15) is 4.79 Å². The van der Waals surface area contributed by atoms with Gasteiger partial charge in [0.15, 0.2) is 0 Å². The standard InChI is InChI=1S/C27H28N2O2.BrH/c30-27(28-21-11-5-2-6-12-21)31-26-15-7-13-22-23-14-8-18-29(25(23)17-16-24(22)26)19-20-9-3-1-4-10-20;/h1-7,9-13,15,23,25H,8,14,16-19H2,(H,28,30);1H/t23-,25-;/m1./s1. The molecule has 1 N–H and O–H groups in total. The number of carbonyl (C=O) groups excluding carboxylic acids is 1. The Balaban J connectivity index is 0.00000245. The number of fused-ring (bicyclic) bond motifs is 3. The molecule has 1 heterocycles. The molecule has 1 saturated heterocycles. The van der Waals surface area contributed by atoms with Crippen LogP contribution < -0.4 is 10.1 Å². The van der Waals surface area contributed by atoms with Gasteiger partial charge in [-0.05, 0) is 73.0 Å². The minimum atomic E-state index is -0.434. The first-order valence-corrected chi connectivity index (χ1v) is 11.2. The van der Waals surface area contributed by atoms with Gasteiger partial charge in [-0.1, -0.05) is 60.7 Å². The molecule has 5 heteroatoms. The number of likely N-dealkylation sites (tertiary alicyclic amines) is 1. The van der Waals surface area contributed by atoms with Crippen LogP contribution in [0.25, 0.3) is 0 Å². The van der Waals surface area contributed by atoms with E-state index in [-0.39, 0.29) is 17.0 Å². The van der Waals surface area contributed by atoms with Crippen LogP contribution in [-0.2, 0) is 13.0 Å². The van der Waals surface area contributed by atoms with Crippen molar-refractivity contribution in [3.63, 3.8) is 0 Å². The number of ether oxygens (including phenoxy) is 1. The van der Waals surface area contributed by atoms with Gasteiger partial charge < -0.3 is 4.74 Å². The van der Waals surface area contributed by atoms with Crippen molar-refractivity contribution in [1.29, 1.82) is 0 Å². The third kappa shape index (κ3) is 4.89. The SMILES string of the molecule is Br.O=C(Nc1ccccc1)Oc1cccc2c1CC[C@@H]1[C@@H]2CCCN1Cc1ccccc1. The van der Waals surface area contributed by atoms with E-state index in [0.29, 0.717) is 17.7 Å². The van der Waals surface area contributed by atoms with Gasteiger partial charge >= 0.3 is 6.09 Å². The number of amides is 1. The highest BCUT2D eigenvalue weighted by Gasteiger charge is 2.37. The van der Waals surface area contributed by atoms with Crippen molar-refractivity contribution >= 4 is 28.8 Å². The molecule has 0 unspecified atom stereocenters. The summed E-state index contributed by atoms with van der Waals surface area (Å²) < 4.78 is 5.76. The number of para-hydroxylation sites is 1. The first-order valence-electron chi connectivity index (χ1n) is 11.2. The molecule has 0 saturated carbocycles. The number of hydrogen-bond acceptors (Lipinski definition) is 3. The molecule has 4 nitrogen and oxygen atoms in total. The molecule has 2 aliphatic rings. The van der Waals surface area contributed by atoms with Gasteiger partial charge in [-0.3, -0.25) is 10.2 Å². The topological polar surface area (TPSA) is 41.6 Å². The van der Waals surface area contributed by atoms with Crippen LogP contribution in [-0.4, -0.2) is 23.6 Å². The highest BCUT2D eigenvalue weighted by molar-refractivity contribution is 8.93. The maximum atomic E-state index is 12.5. The number of nitrogens with one attached hydrogen (secondary N) is 1. The fourth-order valence-electron chi connectivity index (χ4n) is 5.24. The fraction of sp³-hybridized carbons (Fsp3) is 0.296. The Hall–Kier alpha value is -2.63. The third-order valence-electron chi connectivity index (χ3n) is 6.60. The summed E-state index contributed by atoms with van der Waals surface area (Å²) in [7, 11) is 0. The summed E-state index contributed by atoms with van der Waals surface area (Å²) in [6, 6.07) is 26.9. The summed E-state index contributed by atoms with van der Waals surface area (Å²) in [5.74, 6) is 1.20. The van der Waals surface area contributed by atoms with E-state index in [1.165, 1.54) is 29.5 Å². The molecule has 0 spiro atoms. The quantitative estimate of drug-likeness (QED) is 0.447. The normalized spacial score (nSPS) is 19.8. The van der Waals surface area contributed by atoms with Gasteiger partial charge in [-0.2, -0.15) is 0 Å². The van der Waals surface area contributed by atoms with Crippen molar-refractivity contribution < 1.29 is 9.53 Å². The van der Waals surface area contributed by atoms with Crippen LogP contribution >= 0.6 is 17.0 Å². The molecule has 0 aromatic heterocycles. The summed E-state index contributed by atoms with van der Waals surface area (Å²) in [5, 5.41) is 2.82. The summed E-state index contributed by atoms with van der Waals surface area (Å²) >= 11 is 0. The van der Waals surface area contributed by atoms with Crippen LogP contribution in [0.1, 0.15) is 41.9 Å². The largest absolute Gasteiger partial charge is 0.417 e. The lowest BCUT2D eigenvalue weighted by atomic mass is 9.74. The van der Waals surface area contributed by atoms with E-state index in [1.807, 2.05) is 42.5 Å². The molecule has 1 fully saturated rings. The predicted octanol–water partition coefficient (Wildman–Crippen LogP) is 6.57. The molecule has 5 rings (SSSR count). The molecule has 3 aromatic rings. The highest BCUT2D eigenvalue weighted by Crippen LogP contribution is 2.43. The van der Waals surface area contributed by atoms with Crippen molar-refractivity contribution in [3.05, 3.63) is 95.6 Å². The van der Waals surface area contributed by atoms with Crippen LogP contribution in [0.2, 0.25) is 0 Å². The Morgan fingerprint density at radius 2 is 1.69 bits per heavy atom. The van der Waals surface area contributed by atoms with E-state index in [1.54, 1.807) is 0 Å².